The van der Waals surface area contributed by atoms with E-state index in [4.69, 9.17) is 44.3 Å². The van der Waals surface area contributed by atoms with Crippen LogP contribution in [0.2, 0.25) is 0 Å². The molecule has 0 saturated carbocycles. The van der Waals surface area contributed by atoms with Gasteiger partial charge in [0.15, 0.2) is 0 Å². The first kappa shape index (κ1) is 27.3. The first-order chi connectivity index (χ1) is 15.4. The molecule has 1 aromatic rings. The second-order valence-electron chi connectivity index (χ2n) is 6.18. The lowest BCUT2D eigenvalue weighted by molar-refractivity contribution is -0.0199. The molecule has 0 aliphatic rings. The summed E-state index contributed by atoms with van der Waals surface area (Å²) >= 11 is 0. The highest BCUT2D eigenvalue weighted by atomic mass is 16.6. The van der Waals surface area contributed by atoms with Crippen LogP contribution in [0.3, 0.4) is 0 Å². The summed E-state index contributed by atoms with van der Waals surface area (Å²) in [4.78, 5) is 0. The smallest absolute Gasteiger partial charge is 0.119 e. The molecule has 31 heavy (non-hydrogen) atoms. The second kappa shape index (κ2) is 21.5. The third kappa shape index (κ3) is 17.7. The summed E-state index contributed by atoms with van der Waals surface area (Å²) in [7, 11) is 1.65. The van der Waals surface area contributed by atoms with Crippen LogP contribution in [0.1, 0.15) is 5.56 Å². The van der Waals surface area contributed by atoms with Crippen LogP contribution in [0.4, 0.5) is 0 Å². The van der Waals surface area contributed by atoms with Gasteiger partial charge in [0, 0.05) is 12.7 Å². The summed E-state index contributed by atoms with van der Waals surface area (Å²) in [5, 5.41) is 0. The van der Waals surface area contributed by atoms with Crippen molar-refractivity contribution in [3.8, 4) is 18.1 Å². The van der Waals surface area contributed by atoms with Gasteiger partial charge >= 0.3 is 0 Å². The normalized spacial score (nSPS) is 10.8. The van der Waals surface area contributed by atoms with E-state index in [1.165, 1.54) is 0 Å². The van der Waals surface area contributed by atoms with Crippen LogP contribution in [0.15, 0.2) is 24.3 Å². The van der Waals surface area contributed by atoms with Gasteiger partial charge in [-0.2, -0.15) is 0 Å². The minimum atomic E-state index is 0.478. The van der Waals surface area contributed by atoms with Crippen LogP contribution in [0.25, 0.3) is 0 Å². The summed E-state index contributed by atoms with van der Waals surface area (Å²) in [5.41, 5.74) is 0.832. The van der Waals surface area contributed by atoms with Crippen LogP contribution in [-0.4, -0.2) is 99.6 Å². The third-order valence-electron chi connectivity index (χ3n) is 3.81. The van der Waals surface area contributed by atoms with E-state index in [0.29, 0.717) is 92.5 Å². The van der Waals surface area contributed by atoms with Crippen LogP contribution >= 0.6 is 0 Å². The number of benzene rings is 1. The third-order valence-corrected chi connectivity index (χ3v) is 3.81. The summed E-state index contributed by atoms with van der Waals surface area (Å²) in [5.74, 6) is 3.34. The SMILES string of the molecule is C#Cc1ccc(OCCOCCOCCOCCOCCOCCOCCOC)cc1. The maximum absolute atomic E-state index is 5.56. The van der Waals surface area contributed by atoms with E-state index in [-0.39, 0.29) is 0 Å². The monoisotopic (exact) mass is 440 g/mol. The Balaban J connectivity index is 1.71. The van der Waals surface area contributed by atoms with Crippen molar-refractivity contribution in [3.05, 3.63) is 29.8 Å². The molecule has 0 spiro atoms. The summed E-state index contributed by atoms with van der Waals surface area (Å²) in [6.07, 6.45) is 5.31. The second-order valence-corrected chi connectivity index (χ2v) is 6.18. The molecule has 0 amide bonds. The Morgan fingerprint density at radius 1 is 0.548 bits per heavy atom. The van der Waals surface area contributed by atoms with Gasteiger partial charge in [-0.3, -0.25) is 0 Å². The van der Waals surface area contributed by atoms with Crippen molar-refractivity contribution in [1.29, 1.82) is 0 Å². The van der Waals surface area contributed by atoms with Gasteiger partial charge in [-0.15, -0.1) is 6.42 Å². The average molecular weight is 441 g/mol. The predicted molar refractivity (Wildman–Crippen MR) is 117 cm³/mol. The van der Waals surface area contributed by atoms with E-state index in [1.54, 1.807) is 7.11 Å². The van der Waals surface area contributed by atoms with Gasteiger partial charge in [0.2, 0.25) is 0 Å². The molecule has 0 aliphatic carbocycles. The lowest BCUT2D eigenvalue weighted by Crippen LogP contribution is -2.15. The molecule has 8 heteroatoms. The van der Waals surface area contributed by atoms with Crippen molar-refractivity contribution in [1.82, 2.24) is 0 Å². The zero-order valence-corrected chi connectivity index (χ0v) is 18.6. The van der Waals surface area contributed by atoms with Crippen molar-refractivity contribution in [2.24, 2.45) is 0 Å². The molecule has 0 N–H and O–H groups in total. The molecule has 0 unspecified atom stereocenters. The van der Waals surface area contributed by atoms with E-state index in [0.717, 1.165) is 11.3 Å². The number of ether oxygens (including phenoxy) is 8. The summed E-state index contributed by atoms with van der Waals surface area (Å²) in [6, 6.07) is 7.38. The molecule has 0 atom stereocenters. The van der Waals surface area contributed by atoms with Crippen molar-refractivity contribution in [2.75, 3.05) is 99.6 Å². The highest BCUT2D eigenvalue weighted by Gasteiger charge is 1.96. The Hall–Kier alpha value is -1.70. The molecule has 0 fully saturated rings. The van der Waals surface area contributed by atoms with Gasteiger partial charge in [0.1, 0.15) is 12.4 Å². The summed E-state index contributed by atoms with van der Waals surface area (Å²) < 4.78 is 42.8. The molecule has 0 bridgehead atoms. The van der Waals surface area contributed by atoms with Gasteiger partial charge < -0.3 is 37.9 Å². The number of methoxy groups -OCH3 is 1. The molecule has 0 aliphatic heterocycles. The average Bonchev–Trinajstić information content (AvgIpc) is 2.80. The van der Waals surface area contributed by atoms with Crippen LogP contribution in [0, 0.1) is 12.3 Å². The van der Waals surface area contributed by atoms with E-state index in [1.807, 2.05) is 24.3 Å². The first-order valence-corrected chi connectivity index (χ1v) is 10.5. The molecular weight excluding hydrogens is 404 g/mol. The van der Waals surface area contributed by atoms with Gasteiger partial charge in [0.05, 0.1) is 85.9 Å². The fourth-order valence-corrected chi connectivity index (χ4v) is 2.21. The van der Waals surface area contributed by atoms with Gasteiger partial charge in [-0.25, -0.2) is 0 Å². The molecule has 176 valence electrons. The Kier molecular flexibility index (Phi) is 19.0. The van der Waals surface area contributed by atoms with Gasteiger partial charge in [-0.05, 0) is 24.3 Å². The number of rotatable bonds is 22. The highest BCUT2D eigenvalue weighted by Crippen LogP contribution is 2.11. The molecule has 0 radical (unpaired) electrons. The van der Waals surface area contributed by atoms with Crippen molar-refractivity contribution >= 4 is 0 Å². The predicted octanol–water partition coefficient (Wildman–Crippen LogP) is 1.79. The Morgan fingerprint density at radius 2 is 0.903 bits per heavy atom. The Morgan fingerprint density at radius 3 is 1.26 bits per heavy atom. The van der Waals surface area contributed by atoms with Gasteiger partial charge in [-0.1, -0.05) is 5.92 Å². The maximum Gasteiger partial charge on any atom is 0.119 e. The minimum absolute atomic E-state index is 0.478. The Labute approximate surface area is 186 Å². The fourth-order valence-electron chi connectivity index (χ4n) is 2.21. The lowest BCUT2D eigenvalue weighted by Gasteiger charge is -2.09. The molecular formula is C23H36O8. The lowest BCUT2D eigenvalue weighted by atomic mass is 10.2. The van der Waals surface area contributed by atoms with Crippen LogP contribution in [-0.2, 0) is 33.2 Å². The van der Waals surface area contributed by atoms with Crippen LogP contribution < -0.4 is 4.74 Å². The standard InChI is InChI=1S/C23H36O8/c1-3-22-4-6-23(7-5-22)31-21-20-30-19-18-29-17-16-28-15-14-27-13-12-26-11-10-25-9-8-24-2/h1,4-7H,8-21H2,2H3. The fraction of sp³-hybridized carbons (Fsp3) is 0.652. The largest absolute Gasteiger partial charge is 0.491 e. The minimum Gasteiger partial charge on any atom is -0.491 e. The highest BCUT2D eigenvalue weighted by molar-refractivity contribution is 5.36. The maximum atomic E-state index is 5.56. The number of hydrogen-bond acceptors (Lipinski definition) is 8. The molecule has 8 nitrogen and oxygen atoms in total. The molecule has 1 rings (SSSR count). The van der Waals surface area contributed by atoms with E-state index in [9.17, 15) is 0 Å². The molecule has 0 heterocycles. The van der Waals surface area contributed by atoms with Crippen molar-refractivity contribution < 1.29 is 37.9 Å². The number of hydrogen-bond donors (Lipinski definition) is 0. The number of terminal acetylenes is 1. The zero-order chi connectivity index (χ0) is 22.2. The van der Waals surface area contributed by atoms with E-state index >= 15 is 0 Å². The topological polar surface area (TPSA) is 73.8 Å². The zero-order valence-electron chi connectivity index (χ0n) is 18.6. The molecule has 0 aromatic heterocycles. The van der Waals surface area contributed by atoms with E-state index < -0.39 is 0 Å². The first-order valence-electron chi connectivity index (χ1n) is 10.5. The molecule has 1 aromatic carbocycles. The van der Waals surface area contributed by atoms with Gasteiger partial charge in [0.25, 0.3) is 0 Å². The summed E-state index contributed by atoms with van der Waals surface area (Å²) in [6.45, 7) is 7.49. The van der Waals surface area contributed by atoms with Crippen molar-refractivity contribution in [2.45, 2.75) is 0 Å². The van der Waals surface area contributed by atoms with Crippen molar-refractivity contribution in [3.63, 3.8) is 0 Å². The quantitative estimate of drug-likeness (QED) is 0.200. The Bertz CT molecular complexity index is 544. The van der Waals surface area contributed by atoms with E-state index in [2.05, 4.69) is 5.92 Å². The van der Waals surface area contributed by atoms with Crippen LogP contribution in [0.5, 0.6) is 5.75 Å². The molecule has 0 saturated heterocycles.